The van der Waals surface area contributed by atoms with E-state index in [9.17, 15) is 0 Å². The first-order valence-corrected chi connectivity index (χ1v) is 11.7. The Bertz CT molecular complexity index is 593. The fourth-order valence-corrected chi connectivity index (χ4v) is 8.28. The number of nitrogens with zero attached hydrogens (tertiary/aromatic N) is 2. The Morgan fingerprint density at radius 3 is 2.37 bits per heavy atom. The summed E-state index contributed by atoms with van der Waals surface area (Å²) in [4.78, 5) is 4.95. The highest BCUT2D eigenvalue weighted by Gasteiger charge is 2.59. The molecule has 0 unspecified atom stereocenters. The second-order valence-corrected chi connectivity index (χ2v) is 11.6. The van der Waals surface area contributed by atoms with E-state index >= 15 is 0 Å². The van der Waals surface area contributed by atoms with Gasteiger partial charge in [-0.05, 0) is 121 Å². The standard InChI is InChI=1S/C25H44N2/c1-17(26(4)5)21-10-11-22-20-9-8-18-16-19(27(6)7)12-14-24(18,2)23(20)13-15-25(21,22)3/h8,17,19-23H,9-16H2,1-7H3/t17-,19-,20-,21+,22-,23-,24-,25+/m0/s1. The molecule has 0 aromatic heterocycles. The Morgan fingerprint density at radius 1 is 0.963 bits per heavy atom. The molecule has 4 aliphatic rings. The van der Waals surface area contributed by atoms with Crippen LogP contribution in [0.4, 0.5) is 0 Å². The predicted molar refractivity (Wildman–Crippen MR) is 116 cm³/mol. The largest absolute Gasteiger partial charge is 0.306 e. The van der Waals surface area contributed by atoms with Crippen LogP contribution >= 0.6 is 0 Å². The lowest BCUT2D eigenvalue weighted by molar-refractivity contribution is -0.0550. The molecule has 0 heterocycles. The van der Waals surface area contributed by atoms with Gasteiger partial charge in [0.25, 0.3) is 0 Å². The number of rotatable bonds is 3. The van der Waals surface area contributed by atoms with Crippen LogP contribution in [-0.4, -0.2) is 50.1 Å². The van der Waals surface area contributed by atoms with Crippen molar-refractivity contribution in [3.8, 4) is 0 Å². The maximum absolute atomic E-state index is 2.73. The van der Waals surface area contributed by atoms with E-state index in [1.807, 2.05) is 5.57 Å². The van der Waals surface area contributed by atoms with Crippen molar-refractivity contribution < 1.29 is 0 Å². The van der Waals surface area contributed by atoms with Crippen molar-refractivity contribution in [2.24, 2.45) is 34.5 Å². The van der Waals surface area contributed by atoms with Crippen molar-refractivity contribution in [2.75, 3.05) is 28.2 Å². The minimum absolute atomic E-state index is 0.502. The van der Waals surface area contributed by atoms with E-state index in [2.05, 4.69) is 64.8 Å². The first-order valence-electron chi connectivity index (χ1n) is 11.7. The summed E-state index contributed by atoms with van der Waals surface area (Å²) in [5.41, 5.74) is 2.91. The van der Waals surface area contributed by atoms with Crippen LogP contribution in [0.5, 0.6) is 0 Å². The topological polar surface area (TPSA) is 6.48 Å². The Morgan fingerprint density at radius 2 is 1.70 bits per heavy atom. The molecule has 0 aromatic rings. The average molecular weight is 373 g/mol. The van der Waals surface area contributed by atoms with Crippen molar-refractivity contribution in [1.29, 1.82) is 0 Å². The lowest BCUT2D eigenvalue weighted by atomic mass is 9.47. The lowest BCUT2D eigenvalue weighted by Crippen LogP contribution is -2.52. The van der Waals surface area contributed by atoms with Crippen molar-refractivity contribution in [1.82, 2.24) is 9.80 Å². The molecule has 3 saturated carbocycles. The molecule has 154 valence electrons. The zero-order chi connectivity index (χ0) is 19.6. The summed E-state index contributed by atoms with van der Waals surface area (Å²) in [5, 5.41) is 0. The minimum atomic E-state index is 0.502. The average Bonchev–Trinajstić information content (AvgIpc) is 2.97. The first kappa shape index (κ1) is 20.0. The molecule has 2 nitrogen and oxygen atoms in total. The number of fused-ring (bicyclic) bond motifs is 5. The highest BCUT2D eigenvalue weighted by molar-refractivity contribution is 5.26. The van der Waals surface area contributed by atoms with Crippen LogP contribution in [0.25, 0.3) is 0 Å². The lowest BCUT2D eigenvalue weighted by Gasteiger charge is -2.59. The van der Waals surface area contributed by atoms with E-state index in [4.69, 9.17) is 0 Å². The van der Waals surface area contributed by atoms with Gasteiger partial charge in [0, 0.05) is 12.1 Å². The third kappa shape index (κ3) is 2.96. The Balaban J connectivity index is 1.59. The molecule has 8 atom stereocenters. The van der Waals surface area contributed by atoms with Gasteiger partial charge in [-0.1, -0.05) is 25.5 Å². The SMILES string of the molecule is C[C@@H]([C@H]1CC[C@H]2[C@@H]3CC=C4C[C@@H](N(C)C)CC[C@]4(C)[C@H]3CC[C@]12C)N(C)C. The van der Waals surface area contributed by atoms with Gasteiger partial charge in [0.15, 0.2) is 0 Å². The second-order valence-electron chi connectivity index (χ2n) is 11.6. The molecular formula is C25H44N2. The monoisotopic (exact) mass is 372 g/mol. The van der Waals surface area contributed by atoms with Gasteiger partial charge in [0.05, 0.1) is 0 Å². The molecule has 0 N–H and O–H groups in total. The quantitative estimate of drug-likeness (QED) is 0.608. The van der Waals surface area contributed by atoms with Gasteiger partial charge in [-0.2, -0.15) is 0 Å². The van der Waals surface area contributed by atoms with Crippen molar-refractivity contribution >= 4 is 0 Å². The summed E-state index contributed by atoms with van der Waals surface area (Å²) in [5.74, 6) is 3.76. The first-order chi connectivity index (χ1) is 12.7. The summed E-state index contributed by atoms with van der Waals surface area (Å²) in [6.07, 6.45) is 14.1. The Kier molecular flexibility index (Phi) is 5.08. The van der Waals surface area contributed by atoms with Crippen LogP contribution in [0.3, 0.4) is 0 Å². The van der Waals surface area contributed by atoms with Crippen LogP contribution in [0.15, 0.2) is 11.6 Å². The molecule has 0 saturated heterocycles. The molecule has 0 spiro atoms. The Labute approximate surface area is 168 Å². The predicted octanol–water partition coefficient (Wildman–Crippen LogP) is 5.45. The van der Waals surface area contributed by atoms with E-state index in [1.54, 1.807) is 0 Å². The molecule has 0 bridgehead atoms. The highest BCUT2D eigenvalue weighted by Crippen LogP contribution is 2.66. The maximum atomic E-state index is 2.73. The molecule has 0 radical (unpaired) electrons. The molecule has 0 amide bonds. The van der Waals surface area contributed by atoms with E-state index in [1.165, 1.54) is 51.4 Å². The van der Waals surface area contributed by atoms with E-state index in [0.29, 0.717) is 10.8 Å². The third-order valence-electron chi connectivity index (χ3n) is 10.3. The fraction of sp³-hybridized carbons (Fsp3) is 0.920. The third-order valence-corrected chi connectivity index (χ3v) is 10.3. The minimum Gasteiger partial charge on any atom is -0.306 e. The van der Waals surface area contributed by atoms with Crippen molar-refractivity contribution in [3.63, 3.8) is 0 Å². The Hall–Kier alpha value is -0.340. The molecule has 3 fully saturated rings. The van der Waals surface area contributed by atoms with Gasteiger partial charge < -0.3 is 9.80 Å². The summed E-state index contributed by atoms with van der Waals surface area (Å²) < 4.78 is 0. The van der Waals surface area contributed by atoms with Crippen LogP contribution in [0, 0.1) is 34.5 Å². The van der Waals surface area contributed by atoms with Gasteiger partial charge >= 0.3 is 0 Å². The zero-order valence-electron chi connectivity index (χ0n) is 19.1. The summed E-state index contributed by atoms with van der Waals surface area (Å²) >= 11 is 0. The van der Waals surface area contributed by atoms with Crippen molar-refractivity contribution in [3.05, 3.63) is 11.6 Å². The summed E-state index contributed by atoms with van der Waals surface area (Å²) in [7, 11) is 9.12. The molecule has 2 heteroatoms. The normalized spacial score (nSPS) is 48.0. The van der Waals surface area contributed by atoms with Crippen LogP contribution in [-0.2, 0) is 0 Å². The number of hydrogen-bond donors (Lipinski definition) is 0. The molecule has 0 aromatic carbocycles. The van der Waals surface area contributed by atoms with Gasteiger partial charge in [-0.15, -0.1) is 0 Å². The van der Waals surface area contributed by atoms with Crippen LogP contribution in [0.2, 0.25) is 0 Å². The number of hydrogen-bond acceptors (Lipinski definition) is 2. The van der Waals surface area contributed by atoms with E-state index < -0.39 is 0 Å². The van der Waals surface area contributed by atoms with Gasteiger partial charge in [0.2, 0.25) is 0 Å². The van der Waals surface area contributed by atoms with Crippen molar-refractivity contribution in [2.45, 2.75) is 84.2 Å². The van der Waals surface area contributed by atoms with Crippen LogP contribution < -0.4 is 0 Å². The molecule has 4 rings (SSSR count). The zero-order valence-corrected chi connectivity index (χ0v) is 19.1. The fourth-order valence-electron chi connectivity index (χ4n) is 8.28. The highest BCUT2D eigenvalue weighted by atomic mass is 15.1. The molecule has 4 aliphatic carbocycles. The van der Waals surface area contributed by atoms with Gasteiger partial charge in [-0.25, -0.2) is 0 Å². The smallest absolute Gasteiger partial charge is 0.0127 e. The number of allylic oxidation sites excluding steroid dienone is 1. The van der Waals surface area contributed by atoms with E-state index in [0.717, 1.165) is 35.8 Å². The summed E-state index contributed by atoms with van der Waals surface area (Å²) in [6.45, 7) is 7.81. The van der Waals surface area contributed by atoms with Gasteiger partial charge in [0.1, 0.15) is 0 Å². The van der Waals surface area contributed by atoms with Crippen LogP contribution in [0.1, 0.15) is 72.1 Å². The second kappa shape index (κ2) is 6.87. The maximum Gasteiger partial charge on any atom is 0.0127 e. The van der Waals surface area contributed by atoms with E-state index in [-0.39, 0.29) is 0 Å². The molecular weight excluding hydrogens is 328 g/mol. The summed E-state index contributed by atoms with van der Waals surface area (Å²) in [6, 6.07) is 1.49. The molecule has 0 aliphatic heterocycles. The molecule has 27 heavy (non-hydrogen) atoms. The van der Waals surface area contributed by atoms with Gasteiger partial charge in [-0.3, -0.25) is 0 Å².